The number of ether oxygens (including phenoxy) is 2. The molecular weight excluding hydrogens is 210 g/mol. The minimum absolute atomic E-state index is 0.124. The maximum Gasteiger partial charge on any atom is 0.510 e. The van der Waals surface area contributed by atoms with Crippen LogP contribution in [0.3, 0.4) is 0 Å². The van der Waals surface area contributed by atoms with Crippen molar-refractivity contribution in [3.8, 4) is 0 Å². The molecule has 1 rings (SSSR count). The number of methoxy groups -OCH3 is 1. The number of rotatable bonds is 1. The SMILES string of the molecule is COC(=O)OC1C=C(C(C)(C)C)C(=O)N1C. The minimum atomic E-state index is -0.795. The summed E-state index contributed by atoms with van der Waals surface area (Å²) in [5, 5.41) is 0. The Bertz CT molecular complexity index is 340. The van der Waals surface area contributed by atoms with Crippen LogP contribution in [-0.2, 0) is 14.3 Å². The molecule has 1 atom stereocenters. The van der Waals surface area contributed by atoms with Gasteiger partial charge in [-0.05, 0) is 11.5 Å². The van der Waals surface area contributed by atoms with Crippen molar-refractivity contribution in [1.29, 1.82) is 0 Å². The molecule has 1 amide bonds. The third-order valence-corrected chi connectivity index (χ3v) is 2.43. The Morgan fingerprint density at radius 2 is 2.00 bits per heavy atom. The molecule has 0 bridgehead atoms. The van der Waals surface area contributed by atoms with Gasteiger partial charge in [-0.15, -0.1) is 0 Å². The molecule has 0 aliphatic carbocycles. The lowest BCUT2D eigenvalue weighted by molar-refractivity contribution is -0.131. The first-order chi connectivity index (χ1) is 7.27. The quantitative estimate of drug-likeness (QED) is 0.637. The van der Waals surface area contributed by atoms with E-state index in [0.29, 0.717) is 5.57 Å². The van der Waals surface area contributed by atoms with E-state index in [4.69, 9.17) is 4.74 Å². The molecule has 0 aromatic rings. The maximum atomic E-state index is 11.9. The Labute approximate surface area is 95.0 Å². The van der Waals surface area contributed by atoms with Crippen LogP contribution in [0.2, 0.25) is 0 Å². The Balaban J connectivity index is 2.86. The molecule has 0 radical (unpaired) electrons. The number of carbonyl (C=O) groups excluding carboxylic acids is 2. The molecule has 0 spiro atoms. The largest absolute Gasteiger partial charge is 0.510 e. The molecule has 16 heavy (non-hydrogen) atoms. The van der Waals surface area contributed by atoms with Crippen LogP contribution in [0.4, 0.5) is 4.79 Å². The topological polar surface area (TPSA) is 55.8 Å². The normalized spacial score (nSPS) is 20.8. The molecule has 0 N–H and O–H groups in total. The lowest BCUT2D eigenvalue weighted by Crippen LogP contribution is -2.35. The Hall–Kier alpha value is -1.52. The summed E-state index contributed by atoms with van der Waals surface area (Å²) in [5.41, 5.74) is 0.378. The van der Waals surface area contributed by atoms with E-state index in [-0.39, 0.29) is 11.3 Å². The summed E-state index contributed by atoms with van der Waals surface area (Å²) in [6, 6.07) is 0. The fourth-order valence-corrected chi connectivity index (χ4v) is 1.46. The average molecular weight is 227 g/mol. The van der Waals surface area contributed by atoms with Crippen LogP contribution >= 0.6 is 0 Å². The number of carbonyl (C=O) groups is 2. The first-order valence-electron chi connectivity index (χ1n) is 5.01. The summed E-state index contributed by atoms with van der Waals surface area (Å²) in [5.74, 6) is -0.124. The molecule has 0 saturated heterocycles. The fourth-order valence-electron chi connectivity index (χ4n) is 1.46. The third-order valence-electron chi connectivity index (χ3n) is 2.43. The van der Waals surface area contributed by atoms with Gasteiger partial charge in [0.25, 0.3) is 5.91 Å². The molecule has 1 heterocycles. The second-order valence-corrected chi connectivity index (χ2v) is 4.71. The van der Waals surface area contributed by atoms with Gasteiger partial charge < -0.3 is 14.4 Å². The molecule has 0 aromatic carbocycles. The van der Waals surface area contributed by atoms with Gasteiger partial charge in [0, 0.05) is 12.6 Å². The van der Waals surface area contributed by atoms with E-state index in [1.807, 2.05) is 20.8 Å². The van der Waals surface area contributed by atoms with E-state index in [1.54, 1.807) is 13.1 Å². The van der Waals surface area contributed by atoms with Crippen LogP contribution in [0.1, 0.15) is 20.8 Å². The van der Waals surface area contributed by atoms with Crippen molar-refractivity contribution in [3.05, 3.63) is 11.6 Å². The third kappa shape index (κ3) is 2.35. The lowest BCUT2D eigenvalue weighted by Gasteiger charge is -2.21. The predicted octanol–water partition coefficient (Wildman–Crippen LogP) is 1.54. The zero-order valence-electron chi connectivity index (χ0n) is 10.2. The highest BCUT2D eigenvalue weighted by Crippen LogP contribution is 2.32. The average Bonchev–Trinajstić information content (AvgIpc) is 2.45. The summed E-state index contributed by atoms with van der Waals surface area (Å²) in [6.45, 7) is 5.81. The van der Waals surface area contributed by atoms with Crippen molar-refractivity contribution in [2.24, 2.45) is 5.41 Å². The monoisotopic (exact) mass is 227 g/mol. The molecular formula is C11H17NO4. The van der Waals surface area contributed by atoms with Gasteiger partial charge in [0.2, 0.25) is 6.23 Å². The van der Waals surface area contributed by atoms with Crippen molar-refractivity contribution < 1.29 is 19.1 Å². The van der Waals surface area contributed by atoms with Crippen LogP contribution in [0.5, 0.6) is 0 Å². The Morgan fingerprint density at radius 3 is 2.38 bits per heavy atom. The van der Waals surface area contributed by atoms with Crippen LogP contribution in [0, 0.1) is 5.41 Å². The minimum Gasteiger partial charge on any atom is -0.438 e. The highest BCUT2D eigenvalue weighted by Gasteiger charge is 2.37. The van der Waals surface area contributed by atoms with Gasteiger partial charge in [-0.1, -0.05) is 20.8 Å². The molecule has 0 fully saturated rings. The van der Waals surface area contributed by atoms with Crippen LogP contribution in [-0.4, -0.2) is 37.3 Å². The first-order valence-corrected chi connectivity index (χ1v) is 5.01. The molecule has 5 nitrogen and oxygen atoms in total. The molecule has 1 unspecified atom stereocenters. The zero-order valence-corrected chi connectivity index (χ0v) is 10.2. The van der Waals surface area contributed by atoms with E-state index in [1.165, 1.54) is 12.0 Å². The van der Waals surface area contributed by atoms with Gasteiger partial charge in [-0.2, -0.15) is 0 Å². The molecule has 1 aliphatic rings. The Kier molecular flexibility index (Phi) is 3.26. The predicted molar refractivity (Wildman–Crippen MR) is 57.6 cm³/mol. The van der Waals surface area contributed by atoms with E-state index in [2.05, 4.69) is 4.74 Å². The number of hydrogen-bond donors (Lipinski definition) is 0. The summed E-state index contributed by atoms with van der Waals surface area (Å²) >= 11 is 0. The lowest BCUT2D eigenvalue weighted by atomic mass is 9.86. The van der Waals surface area contributed by atoms with Gasteiger partial charge in [-0.25, -0.2) is 4.79 Å². The number of likely N-dealkylation sites (N-methyl/N-ethyl adjacent to an activating group) is 1. The van der Waals surface area contributed by atoms with Gasteiger partial charge in [-0.3, -0.25) is 4.79 Å². The summed E-state index contributed by atoms with van der Waals surface area (Å²) < 4.78 is 9.32. The number of amides is 1. The van der Waals surface area contributed by atoms with Crippen LogP contribution in [0.25, 0.3) is 0 Å². The van der Waals surface area contributed by atoms with Crippen molar-refractivity contribution in [1.82, 2.24) is 4.90 Å². The number of hydrogen-bond acceptors (Lipinski definition) is 4. The molecule has 5 heteroatoms. The molecule has 1 aliphatic heterocycles. The highest BCUT2D eigenvalue weighted by molar-refractivity contribution is 5.97. The summed E-state index contributed by atoms with van der Waals surface area (Å²) in [6.07, 6.45) is 0.185. The first kappa shape index (κ1) is 12.5. The second kappa shape index (κ2) is 4.15. The fraction of sp³-hybridized carbons (Fsp3) is 0.636. The van der Waals surface area contributed by atoms with Crippen LogP contribution < -0.4 is 0 Å². The maximum absolute atomic E-state index is 11.9. The van der Waals surface area contributed by atoms with Crippen LogP contribution in [0.15, 0.2) is 11.6 Å². The van der Waals surface area contributed by atoms with E-state index in [9.17, 15) is 9.59 Å². The van der Waals surface area contributed by atoms with Crippen molar-refractivity contribution in [3.63, 3.8) is 0 Å². The Morgan fingerprint density at radius 1 is 1.44 bits per heavy atom. The summed E-state index contributed by atoms with van der Waals surface area (Å²) in [4.78, 5) is 24.2. The van der Waals surface area contributed by atoms with Crippen molar-refractivity contribution in [2.75, 3.05) is 14.2 Å². The molecule has 0 saturated carbocycles. The van der Waals surface area contributed by atoms with Crippen molar-refractivity contribution in [2.45, 2.75) is 27.0 Å². The van der Waals surface area contributed by atoms with Gasteiger partial charge in [0.1, 0.15) is 0 Å². The van der Waals surface area contributed by atoms with Crippen molar-refractivity contribution >= 4 is 12.1 Å². The molecule has 0 aromatic heterocycles. The van der Waals surface area contributed by atoms with Gasteiger partial charge in [0.05, 0.1) is 7.11 Å². The van der Waals surface area contributed by atoms with E-state index >= 15 is 0 Å². The smallest absolute Gasteiger partial charge is 0.438 e. The second-order valence-electron chi connectivity index (χ2n) is 4.71. The molecule has 90 valence electrons. The number of nitrogens with zero attached hydrogens (tertiary/aromatic N) is 1. The van der Waals surface area contributed by atoms with E-state index < -0.39 is 12.4 Å². The highest BCUT2D eigenvalue weighted by atomic mass is 16.7. The summed E-state index contributed by atoms with van der Waals surface area (Å²) in [7, 11) is 2.82. The van der Waals surface area contributed by atoms with E-state index in [0.717, 1.165) is 0 Å². The zero-order chi connectivity index (χ0) is 12.5. The standard InChI is InChI=1S/C11H17NO4/c1-11(2,3)7-6-8(12(4)9(7)13)16-10(14)15-5/h6,8H,1-5H3. The van der Waals surface area contributed by atoms with Gasteiger partial charge >= 0.3 is 6.16 Å². The van der Waals surface area contributed by atoms with Gasteiger partial charge in [0.15, 0.2) is 0 Å².